The van der Waals surface area contributed by atoms with Gasteiger partial charge >= 0.3 is 0 Å². The van der Waals surface area contributed by atoms with E-state index in [9.17, 15) is 9.90 Å². The zero-order valence-corrected chi connectivity index (χ0v) is 9.00. The Bertz CT molecular complexity index is 517. The van der Waals surface area contributed by atoms with Crippen LogP contribution in [0.5, 0.6) is 5.75 Å². The third-order valence-corrected chi connectivity index (χ3v) is 2.32. The Morgan fingerprint density at radius 3 is 2.94 bits per heavy atom. The lowest BCUT2D eigenvalue weighted by Gasteiger charge is -1.98. The number of carbonyl (C=O) groups is 1. The summed E-state index contributed by atoms with van der Waals surface area (Å²) >= 11 is 0. The Morgan fingerprint density at radius 2 is 2.31 bits per heavy atom. The SMILES string of the molecule is C[n+]1ccn(CC(=O)c2cccc(O)c2)c1. The number of Topliss-reactive ketones (excluding diaryl/α,β-unsaturated/α-hetero) is 1. The zero-order valence-electron chi connectivity index (χ0n) is 9.00. The number of phenols is 1. The number of nitrogens with zero attached hydrogens (tertiary/aromatic N) is 2. The Balaban J connectivity index is 2.14. The second-order valence-electron chi connectivity index (χ2n) is 3.72. The summed E-state index contributed by atoms with van der Waals surface area (Å²) in [5.41, 5.74) is 0.524. The largest absolute Gasteiger partial charge is 0.508 e. The summed E-state index contributed by atoms with van der Waals surface area (Å²) in [5, 5.41) is 9.27. The molecule has 0 aliphatic rings. The van der Waals surface area contributed by atoms with Crippen LogP contribution < -0.4 is 4.57 Å². The summed E-state index contributed by atoms with van der Waals surface area (Å²) in [6.07, 6.45) is 5.54. The number of ketones is 1. The van der Waals surface area contributed by atoms with Gasteiger partial charge in [0.1, 0.15) is 18.1 Å². The van der Waals surface area contributed by atoms with E-state index in [1.165, 1.54) is 6.07 Å². The van der Waals surface area contributed by atoms with Gasteiger partial charge in [0.2, 0.25) is 12.1 Å². The molecular weight excluding hydrogens is 204 g/mol. The number of rotatable bonds is 3. The van der Waals surface area contributed by atoms with Crippen LogP contribution in [0.4, 0.5) is 0 Å². The minimum absolute atomic E-state index is 0.0212. The maximum absolute atomic E-state index is 11.8. The van der Waals surface area contributed by atoms with Crippen molar-refractivity contribution < 1.29 is 14.5 Å². The number of phenolic OH excluding ortho intramolecular Hbond substituents is 1. The molecule has 1 aromatic heterocycles. The highest BCUT2D eigenvalue weighted by Crippen LogP contribution is 2.11. The van der Waals surface area contributed by atoms with Gasteiger partial charge in [0.25, 0.3) is 0 Å². The van der Waals surface area contributed by atoms with E-state index in [2.05, 4.69) is 0 Å². The van der Waals surface area contributed by atoms with Crippen LogP contribution in [0.15, 0.2) is 43.0 Å². The number of aromatic nitrogens is 2. The third kappa shape index (κ3) is 2.28. The van der Waals surface area contributed by atoms with Gasteiger partial charge in [0.15, 0.2) is 6.54 Å². The monoisotopic (exact) mass is 217 g/mol. The van der Waals surface area contributed by atoms with Crippen LogP contribution in [0, 0.1) is 0 Å². The van der Waals surface area contributed by atoms with Gasteiger partial charge in [0, 0.05) is 5.56 Å². The summed E-state index contributed by atoms with van der Waals surface area (Å²) in [4.78, 5) is 11.8. The number of hydrogen-bond donors (Lipinski definition) is 1. The fourth-order valence-corrected chi connectivity index (χ4v) is 1.53. The van der Waals surface area contributed by atoms with E-state index in [1.54, 1.807) is 22.8 Å². The predicted octanol–water partition coefficient (Wildman–Crippen LogP) is 0.901. The molecule has 0 radical (unpaired) electrons. The second kappa shape index (κ2) is 4.18. The van der Waals surface area contributed by atoms with Gasteiger partial charge < -0.3 is 5.11 Å². The molecule has 1 N–H and O–H groups in total. The van der Waals surface area contributed by atoms with Crippen molar-refractivity contribution in [2.45, 2.75) is 6.54 Å². The molecule has 0 atom stereocenters. The summed E-state index contributed by atoms with van der Waals surface area (Å²) in [6, 6.07) is 6.39. The normalized spacial score (nSPS) is 10.3. The molecule has 0 saturated heterocycles. The van der Waals surface area contributed by atoms with Gasteiger partial charge in [-0.05, 0) is 12.1 Å². The van der Waals surface area contributed by atoms with Crippen molar-refractivity contribution in [3.05, 3.63) is 48.5 Å². The van der Waals surface area contributed by atoms with Crippen molar-refractivity contribution in [2.24, 2.45) is 7.05 Å². The highest BCUT2D eigenvalue weighted by atomic mass is 16.3. The van der Waals surface area contributed by atoms with Crippen molar-refractivity contribution in [1.82, 2.24) is 4.57 Å². The third-order valence-electron chi connectivity index (χ3n) is 2.32. The zero-order chi connectivity index (χ0) is 11.5. The molecule has 2 rings (SSSR count). The van der Waals surface area contributed by atoms with Crippen molar-refractivity contribution in [3.63, 3.8) is 0 Å². The van der Waals surface area contributed by atoms with Gasteiger partial charge in [-0.1, -0.05) is 12.1 Å². The van der Waals surface area contributed by atoms with E-state index < -0.39 is 0 Å². The average molecular weight is 217 g/mol. The first-order valence-electron chi connectivity index (χ1n) is 4.98. The van der Waals surface area contributed by atoms with Crippen LogP contribution in [0.3, 0.4) is 0 Å². The van der Waals surface area contributed by atoms with E-state index in [0.29, 0.717) is 5.56 Å². The quantitative estimate of drug-likeness (QED) is 0.613. The Kier molecular flexibility index (Phi) is 2.72. The summed E-state index contributed by atoms with van der Waals surface area (Å²) in [7, 11) is 1.90. The van der Waals surface area contributed by atoms with Crippen LogP contribution in [-0.2, 0) is 13.6 Å². The van der Waals surface area contributed by atoms with E-state index in [0.717, 1.165) is 0 Å². The molecule has 0 aliphatic carbocycles. The number of hydrogen-bond acceptors (Lipinski definition) is 2. The minimum Gasteiger partial charge on any atom is -0.508 e. The van der Waals surface area contributed by atoms with Gasteiger partial charge in [-0.2, -0.15) is 0 Å². The van der Waals surface area contributed by atoms with Crippen LogP contribution in [0.25, 0.3) is 0 Å². The summed E-state index contributed by atoms with van der Waals surface area (Å²) in [6.45, 7) is 0.282. The first-order chi connectivity index (χ1) is 7.65. The number of imidazole rings is 1. The lowest BCUT2D eigenvalue weighted by atomic mass is 10.1. The molecule has 4 heteroatoms. The van der Waals surface area contributed by atoms with E-state index in [4.69, 9.17) is 0 Å². The second-order valence-corrected chi connectivity index (χ2v) is 3.72. The van der Waals surface area contributed by atoms with E-state index >= 15 is 0 Å². The van der Waals surface area contributed by atoms with Gasteiger partial charge in [-0.25, -0.2) is 9.13 Å². The maximum atomic E-state index is 11.8. The van der Waals surface area contributed by atoms with Crippen molar-refractivity contribution in [3.8, 4) is 5.75 Å². The maximum Gasteiger partial charge on any atom is 0.243 e. The highest BCUT2D eigenvalue weighted by molar-refractivity contribution is 5.96. The lowest BCUT2D eigenvalue weighted by molar-refractivity contribution is -0.671. The molecule has 0 saturated carbocycles. The van der Waals surface area contributed by atoms with E-state index in [1.807, 2.05) is 30.3 Å². The fourth-order valence-electron chi connectivity index (χ4n) is 1.53. The molecule has 0 spiro atoms. The summed E-state index contributed by atoms with van der Waals surface area (Å²) in [5.74, 6) is 0.0935. The van der Waals surface area contributed by atoms with Crippen molar-refractivity contribution in [2.75, 3.05) is 0 Å². The Hall–Kier alpha value is -2.10. The Morgan fingerprint density at radius 1 is 1.50 bits per heavy atom. The molecule has 0 unspecified atom stereocenters. The first-order valence-corrected chi connectivity index (χ1v) is 4.98. The molecular formula is C12H13N2O2+. The summed E-state index contributed by atoms with van der Waals surface area (Å²) < 4.78 is 3.67. The van der Waals surface area contributed by atoms with Gasteiger partial charge in [-0.3, -0.25) is 4.79 Å². The Labute approximate surface area is 93.4 Å². The van der Waals surface area contributed by atoms with Crippen LogP contribution >= 0.6 is 0 Å². The number of aryl methyl sites for hydroxylation is 1. The topological polar surface area (TPSA) is 46.1 Å². The first kappa shape index (κ1) is 10.4. The fraction of sp³-hybridized carbons (Fsp3) is 0.167. The number of aromatic hydroxyl groups is 1. The molecule has 16 heavy (non-hydrogen) atoms. The van der Waals surface area contributed by atoms with E-state index in [-0.39, 0.29) is 18.1 Å². The van der Waals surface area contributed by atoms with Crippen molar-refractivity contribution in [1.29, 1.82) is 0 Å². The standard InChI is InChI=1S/C12H12N2O2/c1-13-5-6-14(9-13)8-12(16)10-3-2-4-11(15)7-10/h2-7,9H,8H2,1H3/p+1. The average Bonchev–Trinajstić information content (AvgIpc) is 2.64. The van der Waals surface area contributed by atoms with Crippen LogP contribution in [-0.4, -0.2) is 15.5 Å². The molecule has 0 amide bonds. The molecule has 4 nitrogen and oxygen atoms in total. The smallest absolute Gasteiger partial charge is 0.243 e. The molecule has 1 aromatic carbocycles. The van der Waals surface area contributed by atoms with Crippen molar-refractivity contribution >= 4 is 5.78 Å². The lowest BCUT2D eigenvalue weighted by Crippen LogP contribution is -2.24. The minimum atomic E-state index is -0.0212. The molecule has 2 aromatic rings. The molecule has 82 valence electrons. The molecule has 0 bridgehead atoms. The number of carbonyl (C=O) groups excluding carboxylic acids is 1. The highest BCUT2D eigenvalue weighted by Gasteiger charge is 2.10. The van der Waals surface area contributed by atoms with Crippen LogP contribution in [0.2, 0.25) is 0 Å². The predicted molar refractivity (Wildman–Crippen MR) is 58.0 cm³/mol. The molecule has 1 heterocycles. The van der Waals surface area contributed by atoms with Crippen LogP contribution in [0.1, 0.15) is 10.4 Å². The van der Waals surface area contributed by atoms with Gasteiger partial charge in [-0.15, -0.1) is 0 Å². The molecule has 0 fully saturated rings. The molecule has 0 aliphatic heterocycles. The van der Waals surface area contributed by atoms with Gasteiger partial charge in [0.05, 0.1) is 7.05 Å². The number of benzene rings is 1.